The lowest BCUT2D eigenvalue weighted by atomic mass is 9.87. The van der Waals surface area contributed by atoms with E-state index in [9.17, 15) is 0 Å². The molecule has 1 aromatic carbocycles. The molecule has 1 aliphatic rings. The minimum Gasteiger partial charge on any atom is -0.398 e. The minimum absolute atomic E-state index is 0.620. The highest BCUT2D eigenvalue weighted by molar-refractivity contribution is 5.82. The third kappa shape index (κ3) is 2.19. The van der Waals surface area contributed by atoms with Gasteiger partial charge in [-0.25, -0.2) is 0 Å². The highest BCUT2D eigenvalue weighted by Gasteiger charge is 2.12. The lowest BCUT2D eigenvalue weighted by Crippen LogP contribution is -2.02. The van der Waals surface area contributed by atoms with Crippen LogP contribution in [0.2, 0.25) is 0 Å². The molecule has 0 amide bonds. The van der Waals surface area contributed by atoms with Gasteiger partial charge in [-0.05, 0) is 30.4 Å². The predicted octanol–water partition coefficient (Wildman–Crippen LogP) is 4.03. The van der Waals surface area contributed by atoms with Gasteiger partial charge in [-0.15, -0.1) is 0 Å². The largest absolute Gasteiger partial charge is 0.398 e. The Morgan fingerprint density at radius 3 is 2.75 bits per heavy atom. The van der Waals surface area contributed by atoms with Crippen molar-refractivity contribution in [1.29, 1.82) is 0 Å². The van der Waals surface area contributed by atoms with Gasteiger partial charge in [-0.1, -0.05) is 49.8 Å². The molecule has 1 unspecified atom stereocenters. The van der Waals surface area contributed by atoms with Gasteiger partial charge >= 0.3 is 0 Å². The van der Waals surface area contributed by atoms with Crippen molar-refractivity contribution in [2.45, 2.75) is 26.7 Å². The first kappa shape index (κ1) is 11.0. The molecule has 1 aromatic rings. The normalized spacial score (nSPS) is 20.2. The second-order valence-electron chi connectivity index (χ2n) is 4.55. The van der Waals surface area contributed by atoms with Crippen molar-refractivity contribution in [3.8, 4) is 0 Å². The lowest BCUT2D eigenvalue weighted by Gasteiger charge is -2.19. The maximum atomic E-state index is 6.01. The van der Waals surface area contributed by atoms with E-state index in [4.69, 9.17) is 5.73 Å². The van der Waals surface area contributed by atoms with Crippen molar-refractivity contribution >= 4 is 11.3 Å². The lowest BCUT2D eigenvalue weighted by molar-refractivity contribution is 0.692. The quantitative estimate of drug-likeness (QED) is 0.737. The van der Waals surface area contributed by atoms with Crippen molar-refractivity contribution in [2.75, 3.05) is 5.73 Å². The Morgan fingerprint density at radius 1 is 1.31 bits per heavy atom. The van der Waals surface area contributed by atoms with E-state index in [1.165, 1.54) is 23.1 Å². The summed E-state index contributed by atoms with van der Waals surface area (Å²) >= 11 is 0. The van der Waals surface area contributed by atoms with Crippen molar-refractivity contribution in [1.82, 2.24) is 0 Å². The van der Waals surface area contributed by atoms with Crippen LogP contribution in [0.5, 0.6) is 0 Å². The Bertz CT molecular complexity index is 441. The van der Waals surface area contributed by atoms with E-state index in [0.717, 1.165) is 12.1 Å². The molecule has 16 heavy (non-hydrogen) atoms. The molecule has 0 saturated carbocycles. The summed E-state index contributed by atoms with van der Waals surface area (Å²) in [5, 5.41) is 0. The number of anilines is 1. The average molecular weight is 213 g/mol. The Morgan fingerprint density at radius 2 is 2.06 bits per heavy atom. The van der Waals surface area contributed by atoms with E-state index in [1.54, 1.807) is 0 Å². The van der Waals surface area contributed by atoms with Crippen molar-refractivity contribution in [2.24, 2.45) is 5.92 Å². The Kier molecular flexibility index (Phi) is 3.14. The van der Waals surface area contributed by atoms with Gasteiger partial charge in [0.15, 0.2) is 0 Å². The van der Waals surface area contributed by atoms with Crippen molar-refractivity contribution < 1.29 is 0 Å². The van der Waals surface area contributed by atoms with Crippen LogP contribution in [0, 0.1) is 5.92 Å². The van der Waals surface area contributed by atoms with Gasteiger partial charge in [0.05, 0.1) is 0 Å². The second kappa shape index (κ2) is 4.56. The summed E-state index contributed by atoms with van der Waals surface area (Å²) in [5.41, 5.74) is 10.9. The van der Waals surface area contributed by atoms with Crippen LogP contribution in [0.3, 0.4) is 0 Å². The first-order valence-corrected chi connectivity index (χ1v) is 5.97. The van der Waals surface area contributed by atoms with Crippen LogP contribution in [-0.4, -0.2) is 0 Å². The van der Waals surface area contributed by atoms with Crippen molar-refractivity contribution in [3.63, 3.8) is 0 Å². The SMILES string of the molecule is CCC1=CC(c2ccccc2N)=CC(C)C1. The molecule has 1 nitrogen and oxygen atoms in total. The summed E-state index contributed by atoms with van der Waals surface area (Å²) in [6.07, 6.45) is 6.94. The summed E-state index contributed by atoms with van der Waals surface area (Å²) in [6, 6.07) is 8.10. The number of nitrogens with two attached hydrogens (primary N) is 1. The summed E-state index contributed by atoms with van der Waals surface area (Å²) in [7, 11) is 0. The minimum atomic E-state index is 0.620. The monoisotopic (exact) mass is 213 g/mol. The molecule has 2 N–H and O–H groups in total. The molecule has 0 aromatic heterocycles. The summed E-state index contributed by atoms with van der Waals surface area (Å²) in [5.74, 6) is 0.620. The van der Waals surface area contributed by atoms with Crippen LogP contribution in [0.15, 0.2) is 42.0 Å². The predicted molar refractivity (Wildman–Crippen MR) is 71.0 cm³/mol. The van der Waals surface area contributed by atoms with Crippen LogP contribution in [0.1, 0.15) is 32.3 Å². The molecule has 0 aliphatic heterocycles. The number of rotatable bonds is 2. The molecule has 0 spiro atoms. The van der Waals surface area contributed by atoms with E-state index in [-0.39, 0.29) is 0 Å². The Balaban J connectivity index is 2.41. The number of para-hydroxylation sites is 1. The molecule has 0 heterocycles. The van der Waals surface area contributed by atoms with Crippen LogP contribution in [0.4, 0.5) is 5.69 Å². The van der Waals surface area contributed by atoms with E-state index < -0.39 is 0 Å². The molecule has 0 radical (unpaired) electrons. The van der Waals surface area contributed by atoms with Gasteiger partial charge in [-0.2, -0.15) is 0 Å². The number of nitrogen functional groups attached to an aromatic ring is 1. The number of hydrogen-bond acceptors (Lipinski definition) is 1. The number of hydrogen-bond donors (Lipinski definition) is 1. The summed E-state index contributed by atoms with van der Waals surface area (Å²) in [4.78, 5) is 0. The number of allylic oxidation sites excluding steroid dienone is 4. The van der Waals surface area contributed by atoms with Gasteiger partial charge in [0.25, 0.3) is 0 Å². The van der Waals surface area contributed by atoms with Crippen LogP contribution < -0.4 is 5.73 Å². The molecular formula is C15H19N. The molecule has 1 atom stereocenters. The van der Waals surface area contributed by atoms with Crippen LogP contribution >= 0.6 is 0 Å². The summed E-state index contributed by atoms with van der Waals surface area (Å²) in [6.45, 7) is 4.48. The topological polar surface area (TPSA) is 26.0 Å². The maximum absolute atomic E-state index is 6.01. The zero-order chi connectivity index (χ0) is 11.5. The fraction of sp³-hybridized carbons (Fsp3) is 0.333. The molecule has 0 bridgehead atoms. The fourth-order valence-electron chi connectivity index (χ4n) is 2.28. The first-order valence-electron chi connectivity index (χ1n) is 5.97. The highest BCUT2D eigenvalue weighted by atomic mass is 14.6. The molecule has 1 heteroatoms. The van der Waals surface area contributed by atoms with Gasteiger partial charge in [0.2, 0.25) is 0 Å². The van der Waals surface area contributed by atoms with Gasteiger partial charge in [0, 0.05) is 11.3 Å². The Hall–Kier alpha value is -1.50. The van der Waals surface area contributed by atoms with Gasteiger partial charge < -0.3 is 5.73 Å². The summed E-state index contributed by atoms with van der Waals surface area (Å²) < 4.78 is 0. The third-order valence-electron chi connectivity index (χ3n) is 3.13. The van der Waals surface area contributed by atoms with E-state index in [1.807, 2.05) is 18.2 Å². The zero-order valence-corrected chi connectivity index (χ0v) is 10.0. The van der Waals surface area contributed by atoms with Crippen LogP contribution in [0.25, 0.3) is 5.57 Å². The Labute approximate surface area is 97.7 Å². The fourth-order valence-corrected chi connectivity index (χ4v) is 2.28. The zero-order valence-electron chi connectivity index (χ0n) is 10.0. The van der Waals surface area contributed by atoms with Crippen molar-refractivity contribution in [3.05, 3.63) is 47.6 Å². The van der Waals surface area contributed by atoms with E-state index >= 15 is 0 Å². The van der Waals surface area contributed by atoms with Gasteiger partial charge in [0.1, 0.15) is 0 Å². The number of benzene rings is 1. The van der Waals surface area contributed by atoms with Gasteiger partial charge in [-0.3, -0.25) is 0 Å². The molecular weight excluding hydrogens is 194 g/mol. The smallest absolute Gasteiger partial charge is 0.0393 e. The van der Waals surface area contributed by atoms with E-state index in [0.29, 0.717) is 5.92 Å². The first-order chi connectivity index (χ1) is 7.70. The van der Waals surface area contributed by atoms with Crippen LogP contribution in [-0.2, 0) is 0 Å². The molecule has 2 rings (SSSR count). The maximum Gasteiger partial charge on any atom is 0.0393 e. The molecule has 0 fully saturated rings. The molecule has 1 aliphatic carbocycles. The third-order valence-corrected chi connectivity index (χ3v) is 3.13. The standard InChI is InChI=1S/C15H19N/c1-3-12-8-11(2)9-13(10-12)14-6-4-5-7-15(14)16/h4-7,9-11H,3,8,16H2,1-2H3. The molecule has 84 valence electrons. The molecule has 0 saturated heterocycles. The average Bonchev–Trinajstić information content (AvgIpc) is 2.28. The highest BCUT2D eigenvalue weighted by Crippen LogP contribution is 2.32. The second-order valence-corrected chi connectivity index (χ2v) is 4.55. The van der Waals surface area contributed by atoms with E-state index in [2.05, 4.69) is 32.1 Å².